The average molecular weight is 477 g/mol. The van der Waals surface area contributed by atoms with Crippen LogP contribution in [0.25, 0.3) is 11.1 Å². The summed E-state index contributed by atoms with van der Waals surface area (Å²) in [5, 5.41) is 12.7. The molecule has 2 unspecified atom stereocenters. The number of aliphatic carboxylic acids is 1. The number of nitrogens with one attached hydrogen (secondary N) is 1. The quantitative estimate of drug-likeness (QED) is 0.638. The standard InChI is InChI=1S/C28H32N2O5/c1-30(28(26(32)33)15-8-16-28)25(31)22-13-6-7-14-24(22)29-27(34)35-17-23-20-11-4-2-9-18(20)19-10-3-5-12-21(19)23/h2-5,9-12,22-24H,6-8,13-17H2,1H3,(H,29,34)(H,32,33). The Labute approximate surface area is 205 Å². The van der Waals surface area contributed by atoms with Crippen molar-refractivity contribution in [1.29, 1.82) is 0 Å². The normalized spacial score (nSPS) is 22.3. The van der Waals surface area contributed by atoms with Crippen LogP contribution in [0.1, 0.15) is 62.0 Å². The van der Waals surface area contributed by atoms with Crippen LogP contribution in [0.4, 0.5) is 4.79 Å². The van der Waals surface area contributed by atoms with E-state index >= 15 is 0 Å². The highest BCUT2D eigenvalue weighted by Crippen LogP contribution is 2.44. The van der Waals surface area contributed by atoms with Crippen molar-refractivity contribution < 1.29 is 24.2 Å². The topological polar surface area (TPSA) is 95.9 Å². The Hall–Kier alpha value is -3.35. The molecule has 0 heterocycles. The van der Waals surface area contributed by atoms with Crippen LogP contribution < -0.4 is 5.32 Å². The van der Waals surface area contributed by atoms with E-state index in [4.69, 9.17) is 4.74 Å². The SMILES string of the molecule is CN(C(=O)C1CCCCC1NC(=O)OCC1c2ccccc2-c2ccccc21)C1(C(=O)O)CCC1. The molecule has 2 atom stereocenters. The number of likely N-dealkylation sites (N-methyl/N-ethyl adjacent to an activating group) is 1. The summed E-state index contributed by atoms with van der Waals surface area (Å²) in [6, 6.07) is 16.0. The zero-order valence-corrected chi connectivity index (χ0v) is 20.0. The summed E-state index contributed by atoms with van der Waals surface area (Å²) >= 11 is 0. The molecule has 0 radical (unpaired) electrons. The van der Waals surface area contributed by atoms with Crippen LogP contribution in [0.3, 0.4) is 0 Å². The molecule has 2 saturated carbocycles. The Morgan fingerprint density at radius 3 is 2.14 bits per heavy atom. The lowest BCUT2D eigenvalue weighted by Gasteiger charge is -2.47. The first-order valence-corrected chi connectivity index (χ1v) is 12.5. The van der Waals surface area contributed by atoms with Crippen molar-refractivity contribution in [2.75, 3.05) is 13.7 Å². The van der Waals surface area contributed by atoms with Crippen molar-refractivity contribution in [3.63, 3.8) is 0 Å². The maximum absolute atomic E-state index is 13.3. The lowest BCUT2D eigenvalue weighted by molar-refractivity contribution is -0.166. The van der Waals surface area contributed by atoms with E-state index in [2.05, 4.69) is 29.6 Å². The summed E-state index contributed by atoms with van der Waals surface area (Å²) < 4.78 is 5.70. The summed E-state index contributed by atoms with van der Waals surface area (Å²) in [5.74, 6) is -1.62. The molecule has 0 saturated heterocycles. The van der Waals surface area contributed by atoms with Gasteiger partial charge in [-0.15, -0.1) is 0 Å². The maximum atomic E-state index is 13.3. The second-order valence-corrected chi connectivity index (χ2v) is 10.1. The smallest absolute Gasteiger partial charge is 0.407 e. The molecule has 2 fully saturated rings. The van der Waals surface area contributed by atoms with Gasteiger partial charge < -0.3 is 20.1 Å². The Bertz CT molecular complexity index is 1100. The number of benzene rings is 2. The molecule has 2 aromatic carbocycles. The number of rotatable bonds is 6. The van der Waals surface area contributed by atoms with E-state index < -0.39 is 23.5 Å². The van der Waals surface area contributed by atoms with Crippen molar-refractivity contribution in [2.45, 2.75) is 62.4 Å². The fourth-order valence-electron chi connectivity index (χ4n) is 6.05. The molecule has 0 spiro atoms. The van der Waals surface area contributed by atoms with Gasteiger partial charge >= 0.3 is 12.1 Å². The summed E-state index contributed by atoms with van der Waals surface area (Å²) in [7, 11) is 1.59. The number of carboxylic acid groups (broad SMARTS) is 1. The van der Waals surface area contributed by atoms with Crippen molar-refractivity contribution in [3.05, 3.63) is 59.7 Å². The Morgan fingerprint density at radius 2 is 1.57 bits per heavy atom. The minimum Gasteiger partial charge on any atom is -0.479 e. The molecule has 0 aliphatic heterocycles. The van der Waals surface area contributed by atoms with E-state index in [-0.39, 0.29) is 24.5 Å². The van der Waals surface area contributed by atoms with Gasteiger partial charge in [0.1, 0.15) is 12.1 Å². The van der Waals surface area contributed by atoms with Crippen LogP contribution >= 0.6 is 0 Å². The van der Waals surface area contributed by atoms with Gasteiger partial charge in [0, 0.05) is 19.0 Å². The number of hydrogen-bond acceptors (Lipinski definition) is 4. The molecule has 3 aliphatic rings. The minimum absolute atomic E-state index is 0.0305. The molecule has 5 rings (SSSR count). The fourth-order valence-corrected chi connectivity index (χ4v) is 6.05. The van der Waals surface area contributed by atoms with Gasteiger partial charge in [-0.2, -0.15) is 0 Å². The third-order valence-corrected chi connectivity index (χ3v) is 8.28. The van der Waals surface area contributed by atoms with Crippen LogP contribution in [0.2, 0.25) is 0 Å². The molecule has 2 N–H and O–H groups in total. The number of alkyl carbamates (subject to hydrolysis) is 1. The van der Waals surface area contributed by atoms with E-state index in [0.29, 0.717) is 25.7 Å². The molecule has 7 nitrogen and oxygen atoms in total. The fraction of sp³-hybridized carbons (Fsp3) is 0.464. The monoisotopic (exact) mass is 476 g/mol. The Kier molecular flexibility index (Phi) is 6.26. The van der Waals surface area contributed by atoms with Crippen LogP contribution in [0, 0.1) is 5.92 Å². The first kappa shape index (κ1) is 23.4. The van der Waals surface area contributed by atoms with E-state index in [1.54, 1.807) is 7.05 Å². The van der Waals surface area contributed by atoms with E-state index in [0.717, 1.165) is 30.4 Å². The molecule has 0 aromatic heterocycles. The van der Waals surface area contributed by atoms with Gasteiger partial charge in [0.05, 0.1) is 5.92 Å². The lowest BCUT2D eigenvalue weighted by Crippen LogP contribution is -2.62. The number of amides is 2. The second kappa shape index (κ2) is 9.36. The molecule has 0 bridgehead atoms. The van der Waals surface area contributed by atoms with Crippen molar-refractivity contribution in [3.8, 4) is 11.1 Å². The van der Waals surface area contributed by atoms with Gasteiger partial charge in [-0.3, -0.25) is 4.79 Å². The number of fused-ring (bicyclic) bond motifs is 3. The van der Waals surface area contributed by atoms with Crippen LogP contribution in [-0.4, -0.2) is 53.2 Å². The largest absolute Gasteiger partial charge is 0.479 e. The van der Waals surface area contributed by atoms with E-state index in [1.807, 2.05) is 24.3 Å². The first-order valence-electron chi connectivity index (χ1n) is 12.5. The Balaban J connectivity index is 1.25. The van der Waals surface area contributed by atoms with Gasteiger partial charge in [-0.1, -0.05) is 61.4 Å². The maximum Gasteiger partial charge on any atom is 0.407 e. The number of ether oxygens (including phenoxy) is 1. The van der Waals surface area contributed by atoms with Crippen molar-refractivity contribution in [1.82, 2.24) is 10.2 Å². The molecular formula is C28H32N2O5. The molecular weight excluding hydrogens is 444 g/mol. The molecule has 35 heavy (non-hydrogen) atoms. The van der Waals surface area contributed by atoms with Crippen molar-refractivity contribution in [2.24, 2.45) is 5.92 Å². The number of nitrogens with zero attached hydrogens (tertiary/aromatic N) is 1. The van der Waals surface area contributed by atoms with E-state index in [1.165, 1.54) is 16.0 Å². The van der Waals surface area contributed by atoms with Crippen LogP contribution in [-0.2, 0) is 14.3 Å². The number of carbonyl (C=O) groups is 3. The zero-order chi connectivity index (χ0) is 24.6. The second-order valence-electron chi connectivity index (χ2n) is 10.1. The molecule has 2 amide bonds. The minimum atomic E-state index is -1.11. The summed E-state index contributed by atoms with van der Waals surface area (Å²) in [6.07, 6.45) is 4.32. The summed E-state index contributed by atoms with van der Waals surface area (Å²) in [4.78, 5) is 39.5. The number of hydrogen-bond donors (Lipinski definition) is 2. The third kappa shape index (κ3) is 4.07. The van der Waals surface area contributed by atoms with Gasteiger partial charge in [-0.25, -0.2) is 9.59 Å². The third-order valence-electron chi connectivity index (χ3n) is 8.28. The van der Waals surface area contributed by atoms with Crippen molar-refractivity contribution >= 4 is 18.0 Å². The van der Waals surface area contributed by atoms with Gasteiger partial charge in [0.2, 0.25) is 5.91 Å². The molecule has 2 aromatic rings. The highest BCUT2D eigenvalue weighted by molar-refractivity contribution is 5.89. The lowest BCUT2D eigenvalue weighted by atomic mass is 9.74. The predicted molar refractivity (Wildman–Crippen MR) is 131 cm³/mol. The van der Waals surface area contributed by atoms with Gasteiger partial charge in [-0.05, 0) is 54.4 Å². The highest BCUT2D eigenvalue weighted by atomic mass is 16.5. The predicted octanol–water partition coefficient (Wildman–Crippen LogP) is 4.55. The molecule has 184 valence electrons. The van der Waals surface area contributed by atoms with Gasteiger partial charge in [0.25, 0.3) is 0 Å². The number of carbonyl (C=O) groups excluding carboxylic acids is 2. The van der Waals surface area contributed by atoms with Crippen LogP contribution in [0.5, 0.6) is 0 Å². The van der Waals surface area contributed by atoms with Crippen LogP contribution in [0.15, 0.2) is 48.5 Å². The Morgan fingerprint density at radius 1 is 0.971 bits per heavy atom. The van der Waals surface area contributed by atoms with Gasteiger partial charge in [0.15, 0.2) is 0 Å². The zero-order valence-electron chi connectivity index (χ0n) is 20.0. The molecule has 7 heteroatoms. The summed E-state index contributed by atoms with van der Waals surface area (Å²) in [6.45, 7) is 0.215. The number of carboxylic acids is 1. The first-order chi connectivity index (χ1) is 16.9. The average Bonchev–Trinajstić information content (AvgIpc) is 3.15. The van der Waals surface area contributed by atoms with E-state index in [9.17, 15) is 19.5 Å². The molecule has 3 aliphatic carbocycles. The highest BCUT2D eigenvalue weighted by Gasteiger charge is 2.51. The summed E-state index contributed by atoms with van der Waals surface area (Å²) in [5.41, 5.74) is 3.52.